The molecule has 0 rings (SSSR count). The van der Waals surface area contributed by atoms with Gasteiger partial charge in [0.2, 0.25) is 0 Å². The number of carboxylic acid groups (broad SMARTS) is 2. The van der Waals surface area contributed by atoms with E-state index in [2.05, 4.69) is 83.1 Å². The van der Waals surface area contributed by atoms with Crippen LogP contribution in [0.25, 0.3) is 0 Å². The molecule has 0 heterocycles. The van der Waals surface area contributed by atoms with Gasteiger partial charge in [0.15, 0.2) is 0 Å². The molecule has 0 atom stereocenters. The first-order chi connectivity index (χ1) is 27.4. The van der Waals surface area contributed by atoms with Crippen molar-refractivity contribution in [3.05, 3.63) is 0 Å². The van der Waals surface area contributed by atoms with Crippen molar-refractivity contribution in [2.24, 2.45) is 0 Å². The molecule has 0 saturated heterocycles. The van der Waals surface area contributed by atoms with Gasteiger partial charge >= 0.3 is 0 Å². The Labute approximate surface area is 364 Å². The number of halogens is 1. The van der Waals surface area contributed by atoms with Crippen molar-refractivity contribution in [1.82, 2.24) is 0 Å². The molecule has 0 unspecified atom stereocenters. The standard InChI is InChI=1S/3C16H36N.C2H2O4.FH/c3*1-5-9-13-17(14-10-6-2,15-11-7-3)16-12-8-4;3-1(4)2(5)6;/h3*5-16H2,1-4H3;(H,3,4)(H,5,6);1H/q3*+1;;/p-3. The molecule has 0 aliphatic rings. The molecule has 0 aromatic carbocycles. The third-order valence-corrected chi connectivity index (χ3v) is 12.0. The smallest absolute Gasteiger partial charge is 0.0870 e. The van der Waals surface area contributed by atoms with Gasteiger partial charge in [-0.15, -0.1) is 0 Å². The second-order valence-electron chi connectivity index (χ2n) is 17.5. The predicted molar refractivity (Wildman–Crippen MR) is 248 cm³/mol. The van der Waals surface area contributed by atoms with Crippen LogP contribution in [0.1, 0.15) is 237 Å². The van der Waals surface area contributed by atoms with Gasteiger partial charge < -0.3 is 38.0 Å². The molecule has 354 valence electrons. The second kappa shape index (κ2) is 48.4. The number of hydrogen-bond donors (Lipinski definition) is 0. The molecule has 0 amide bonds. The highest BCUT2D eigenvalue weighted by molar-refractivity contribution is 6.25. The average molecular weight is 834 g/mol. The summed E-state index contributed by atoms with van der Waals surface area (Å²) in [4.78, 5) is 17.9. The monoisotopic (exact) mass is 834 g/mol. The molecule has 0 bridgehead atoms. The van der Waals surface area contributed by atoms with Gasteiger partial charge in [0.25, 0.3) is 0 Å². The van der Waals surface area contributed by atoms with Crippen LogP contribution in [0.3, 0.4) is 0 Å². The van der Waals surface area contributed by atoms with Gasteiger partial charge in [0.05, 0.1) is 90.5 Å². The Kier molecular flexibility index (Phi) is 55.0. The maximum Gasteiger partial charge on any atom is 0.0870 e. The highest BCUT2D eigenvalue weighted by Crippen LogP contribution is 2.19. The van der Waals surface area contributed by atoms with Gasteiger partial charge in [0, 0.05) is 0 Å². The summed E-state index contributed by atoms with van der Waals surface area (Å²) < 4.78 is 4.26. The van der Waals surface area contributed by atoms with E-state index in [1.54, 1.807) is 0 Å². The fraction of sp³-hybridized carbons (Fsp3) is 0.960. The zero-order valence-corrected chi connectivity index (χ0v) is 41.8. The van der Waals surface area contributed by atoms with Crippen LogP contribution in [0.5, 0.6) is 0 Å². The largest absolute Gasteiger partial charge is 1.00 e. The summed E-state index contributed by atoms with van der Waals surface area (Å²) in [5.41, 5.74) is 0. The van der Waals surface area contributed by atoms with E-state index in [0.29, 0.717) is 0 Å². The Morgan fingerprint density at radius 3 is 0.397 bits per heavy atom. The van der Waals surface area contributed by atoms with E-state index in [0.717, 1.165) is 0 Å². The van der Waals surface area contributed by atoms with Gasteiger partial charge in [0.1, 0.15) is 0 Å². The summed E-state index contributed by atoms with van der Waals surface area (Å²) in [5.74, 6) is -4.37. The molecule has 0 radical (unpaired) electrons. The van der Waals surface area contributed by atoms with Gasteiger partial charge in [-0.05, 0) is 77.0 Å². The molecule has 0 aromatic rings. The Morgan fingerprint density at radius 2 is 0.345 bits per heavy atom. The van der Waals surface area contributed by atoms with E-state index in [4.69, 9.17) is 19.8 Å². The van der Waals surface area contributed by atoms with Crippen LogP contribution >= 0.6 is 0 Å². The molecule has 0 aliphatic heterocycles. The number of nitrogens with zero attached hydrogens (tertiary/aromatic N) is 3. The van der Waals surface area contributed by atoms with Crippen molar-refractivity contribution in [3.8, 4) is 0 Å². The number of carboxylic acids is 2. The quantitative estimate of drug-likeness (QED) is 0.0469. The maximum absolute atomic E-state index is 8.93. The Balaban J connectivity index is -0.000000224. The molecule has 0 N–H and O–H groups in total. The third kappa shape index (κ3) is 40.2. The van der Waals surface area contributed by atoms with E-state index >= 15 is 0 Å². The maximum atomic E-state index is 8.93. The number of quaternary nitrogens is 3. The van der Waals surface area contributed by atoms with Crippen molar-refractivity contribution in [2.75, 3.05) is 78.5 Å². The van der Waals surface area contributed by atoms with E-state index in [-0.39, 0.29) is 4.70 Å². The lowest BCUT2D eigenvalue weighted by Gasteiger charge is -2.39. The van der Waals surface area contributed by atoms with Crippen molar-refractivity contribution in [1.29, 1.82) is 0 Å². The minimum absolute atomic E-state index is 0. The van der Waals surface area contributed by atoms with Crippen molar-refractivity contribution < 1.29 is 38.0 Å². The van der Waals surface area contributed by atoms with Crippen molar-refractivity contribution in [2.45, 2.75) is 237 Å². The molecule has 58 heavy (non-hydrogen) atoms. The van der Waals surface area contributed by atoms with Crippen LogP contribution < -0.4 is 14.9 Å². The lowest BCUT2D eigenvalue weighted by atomic mass is 10.1. The first-order valence-corrected chi connectivity index (χ1v) is 25.3. The molecule has 0 saturated carbocycles. The first-order valence-electron chi connectivity index (χ1n) is 25.3. The van der Waals surface area contributed by atoms with Crippen LogP contribution in [0, 0.1) is 0 Å². The topological polar surface area (TPSA) is 80.3 Å². The lowest BCUT2D eigenvalue weighted by Crippen LogP contribution is -3.00. The molecule has 0 fully saturated rings. The summed E-state index contributed by atoms with van der Waals surface area (Å²) in [7, 11) is 0. The lowest BCUT2D eigenvalue weighted by molar-refractivity contribution is -0.929. The average Bonchev–Trinajstić information content (AvgIpc) is 3.22. The van der Waals surface area contributed by atoms with Crippen LogP contribution in [-0.4, -0.2) is 104 Å². The molecular weight excluding hydrogens is 726 g/mol. The van der Waals surface area contributed by atoms with Crippen LogP contribution in [-0.2, 0) is 9.59 Å². The normalized spacial score (nSPS) is 11.3. The second-order valence-corrected chi connectivity index (χ2v) is 17.5. The van der Waals surface area contributed by atoms with E-state index in [1.807, 2.05) is 0 Å². The Hall–Kier alpha value is -1.25. The highest BCUT2D eigenvalue weighted by atomic mass is 19.0. The minimum atomic E-state index is -2.19. The summed E-state index contributed by atoms with van der Waals surface area (Å²) in [6.07, 6.45) is 33.2. The summed E-state index contributed by atoms with van der Waals surface area (Å²) in [6.45, 7) is 45.1. The van der Waals surface area contributed by atoms with Crippen LogP contribution in [0.15, 0.2) is 0 Å². The van der Waals surface area contributed by atoms with Crippen molar-refractivity contribution >= 4 is 11.9 Å². The molecule has 0 aliphatic carbocycles. The minimum Gasteiger partial charge on any atom is -1.00 e. The molecule has 8 heteroatoms. The number of rotatable bonds is 36. The van der Waals surface area contributed by atoms with Gasteiger partial charge in [-0.25, -0.2) is 0 Å². The number of unbranched alkanes of at least 4 members (excludes halogenated alkanes) is 12. The number of aliphatic carboxylic acids is 2. The fourth-order valence-corrected chi connectivity index (χ4v) is 7.93. The third-order valence-electron chi connectivity index (χ3n) is 12.0. The summed E-state index contributed by atoms with van der Waals surface area (Å²) in [5, 5.41) is 17.9. The Morgan fingerprint density at radius 1 is 0.259 bits per heavy atom. The number of carbonyl (C=O) groups is 2. The van der Waals surface area contributed by atoms with Gasteiger partial charge in [-0.1, -0.05) is 160 Å². The molecular formula is C50H108FN3O4. The van der Waals surface area contributed by atoms with Gasteiger partial charge in [-0.2, -0.15) is 0 Å². The Bertz CT molecular complexity index is 619. The van der Waals surface area contributed by atoms with E-state index in [9.17, 15) is 0 Å². The van der Waals surface area contributed by atoms with Crippen LogP contribution in [0.2, 0.25) is 0 Å². The zero-order chi connectivity index (χ0) is 44.1. The molecule has 0 aromatic heterocycles. The summed E-state index contributed by atoms with van der Waals surface area (Å²) >= 11 is 0. The zero-order valence-electron chi connectivity index (χ0n) is 41.8. The number of hydrogen-bond acceptors (Lipinski definition) is 4. The van der Waals surface area contributed by atoms with Crippen molar-refractivity contribution in [3.63, 3.8) is 0 Å². The number of carbonyl (C=O) groups excluding carboxylic acids is 2. The molecule has 0 spiro atoms. The highest BCUT2D eigenvalue weighted by Gasteiger charge is 2.26. The fourth-order valence-electron chi connectivity index (χ4n) is 7.93. The molecule has 7 nitrogen and oxygen atoms in total. The van der Waals surface area contributed by atoms with Gasteiger partial charge in [-0.3, -0.25) is 0 Å². The van der Waals surface area contributed by atoms with Crippen LogP contribution in [0.4, 0.5) is 0 Å². The summed E-state index contributed by atoms with van der Waals surface area (Å²) in [6, 6.07) is 0. The van der Waals surface area contributed by atoms with E-state index in [1.165, 1.54) is 246 Å². The SMILES string of the molecule is CCCC[N+](CCCC)(CCCC)CCCC.CCCC[N+](CCCC)(CCCC)CCCC.CCCC[N+](CCCC)(CCCC)CCCC.O=C([O-])C(=O)[O-].[F-]. The first kappa shape index (κ1) is 65.9. The van der Waals surface area contributed by atoms with E-state index < -0.39 is 11.9 Å². The predicted octanol–water partition coefficient (Wildman–Crippen LogP) is 8.50.